The first-order valence-electron chi connectivity index (χ1n) is 5.80. The molecule has 0 heterocycles. The highest BCUT2D eigenvalue weighted by Gasteiger charge is 2.16. The number of nitrogens with zero attached hydrogens (tertiary/aromatic N) is 3. The number of carbonyl (C=O) groups excluding carboxylic acids is 1. The Morgan fingerprint density at radius 3 is 2.40 bits per heavy atom. The fourth-order valence-electron chi connectivity index (χ4n) is 0.885. The van der Waals surface area contributed by atoms with E-state index in [0.29, 0.717) is 19.8 Å². The van der Waals surface area contributed by atoms with E-state index < -0.39 is 18.2 Å². The van der Waals surface area contributed by atoms with Crippen LogP contribution in [0.2, 0.25) is 0 Å². The third kappa shape index (κ3) is 11.1. The number of rotatable bonds is 11. The zero-order chi connectivity index (χ0) is 15.2. The fraction of sp³-hybridized carbons (Fsp3) is 0.800. The summed E-state index contributed by atoms with van der Waals surface area (Å²) in [4.78, 5) is 23.9. The van der Waals surface area contributed by atoms with Crippen molar-refractivity contribution >= 4 is 12.1 Å². The minimum absolute atomic E-state index is 0.0517. The van der Waals surface area contributed by atoms with Crippen LogP contribution < -0.4 is 0 Å². The van der Waals surface area contributed by atoms with Gasteiger partial charge in [-0.1, -0.05) is 5.11 Å². The first-order chi connectivity index (χ1) is 9.57. The van der Waals surface area contributed by atoms with Crippen LogP contribution in [0.15, 0.2) is 5.11 Å². The van der Waals surface area contributed by atoms with Crippen molar-refractivity contribution in [2.45, 2.75) is 13.0 Å². The van der Waals surface area contributed by atoms with Gasteiger partial charge in [0.05, 0.1) is 26.4 Å². The van der Waals surface area contributed by atoms with E-state index in [2.05, 4.69) is 19.5 Å². The lowest BCUT2D eigenvalue weighted by Crippen LogP contribution is -2.25. The molecule has 0 aliphatic carbocycles. The van der Waals surface area contributed by atoms with Gasteiger partial charge in [0.1, 0.15) is 6.61 Å². The Bertz CT molecular complexity index is 344. The topological polar surface area (TPSA) is 140 Å². The van der Waals surface area contributed by atoms with Gasteiger partial charge in [-0.2, -0.15) is 0 Å². The van der Waals surface area contributed by atoms with Crippen LogP contribution in [-0.4, -0.2) is 62.9 Å². The minimum Gasteiger partial charge on any atom is -0.479 e. The van der Waals surface area contributed by atoms with Gasteiger partial charge in [0.25, 0.3) is 0 Å². The molecule has 0 radical (unpaired) electrons. The maximum absolute atomic E-state index is 11.0. The second kappa shape index (κ2) is 12.0. The molecule has 0 saturated carbocycles. The summed E-state index contributed by atoms with van der Waals surface area (Å²) in [7, 11) is 0. The average Bonchev–Trinajstić information content (AvgIpc) is 2.40. The largest absolute Gasteiger partial charge is 0.509 e. The first kappa shape index (κ1) is 18.0. The summed E-state index contributed by atoms with van der Waals surface area (Å²) < 4.78 is 19.1. The molecular weight excluding hydrogens is 274 g/mol. The number of carbonyl (C=O) groups is 2. The highest BCUT2D eigenvalue weighted by atomic mass is 16.7. The van der Waals surface area contributed by atoms with Crippen LogP contribution in [0.25, 0.3) is 10.4 Å². The van der Waals surface area contributed by atoms with Crippen LogP contribution in [0.4, 0.5) is 4.79 Å². The molecule has 0 aromatic heterocycles. The molecule has 1 N–H and O–H groups in total. The molecule has 114 valence electrons. The number of azide groups is 1. The van der Waals surface area contributed by atoms with Gasteiger partial charge in [-0.25, -0.2) is 9.59 Å². The zero-order valence-electron chi connectivity index (χ0n) is 11.1. The third-order valence-corrected chi connectivity index (χ3v) is 1.84. The summed E-state index contributed by atoms with van der Waals surface area (Å²) in [6.07, 6.45) is -2.32. The normalized spacial score (nSPS) is 11.2. The van der Waals surface area contributed by atoms with Crippen molar-refractivity contribution < 1.29 is 33.6 Å². The van der Waals surface area contributed by atoms with Crippen LogP contribution in [-0.2, 0) is 23.7 Å². The van der Waals surface area contributed by atoms with Crippen molar-refractivity contribution in [3.05, 3.63) is 10.4 Å². The van der Waals surface area contributed by atoms with E-state index >= 15 is 0 Å². The van der Waals surface area contributed by atoms with Gasteiger partial charge in [-0.3, -0.25) is 0 Å². The van der Waals surface area contributed by atoms with Crippen molar-refractivity contribution in [2.24, 2.45) is 5.11 Å². The summed E-state index contributed by atoms with van der Waals surface area (Å²) in [5.41, 5.74) is 7.99. The molecule has 0 aromatic rings. The van der Waals surface area contributed by atoms with E-state index in [1.165, 1.54) is 6.92 Å². The fourth-order valence-corrected chi connectivity index (χ4v) is 0.885. The highest BCUT2D eigenvalue weighted by molar-refractivity contribution is 5.74. The molecular formula is C10H17N3O7. The SMILES string of the molecule is C[C@H](OC(=O)OCCOCCOCCN=[N+]=[N-])C(=O)O. The molecule has 0 rings (SSSR count). The monoisotopic (exact) mass is 291 g/mol. The van der Waals surface area contributed by atoms with Crippen LogP contribution >= 0.6 is 0 Å². The quantitative estimate of drug-likeness (QED) is 0.196. The number of carboxylic acids is 1. The van der Waals surface area contributed by atoms with E-state index in [1.807, 2.05) is 0 Å². The Hall–Kier alpha value is -2.03. The van der Waals surface area contributed by atoms with E-state index in [1.54, 1.807) is 0 Å². The Kier molecular flexibility index (Phi) is 10.8. The number of aliphatic carboxylic acids is 1. The van der Waals surface area contributed by atoms with Gasteiger partial charge in [-0.05, 0) is 12.5 Å². The van der Waals surface area contributed by atoms with Gasteiger partial charge in [0.15, 0.2) is 6.10 Å². The number of hydrogen-bond acceptors (Lipinski definition) is 7. The van der Waals surface area contributed by atoms with Gasteiger partial charge >= 0.3 is 12.1 Å². The lowest BCUT2D eigenvalue weighted by atomic mass is 10.4. The maximum Gasteiger partial charge on any atom is 0.509 e. The Balaban J connectivity index is 3.33. The molecule has 0 amide bonds. The molecule has 0 bridgehead atoms. The number of ether oxygens (including phenoxy) is 4. The van der Waals surface area contributed by atoms with Crippen LogP contribution in [0.3, 0.4) is 0 Å². The summed E-state index contributed by atoms with van der Waals surface area (Å²) in [5, 5.41) is 11.8. The Labute approximate surface area is 115 Å². The summed E-state index contributed by atoms with van der Waals surface area (Å²) in [5.74, 6) is -1.25. The molecule has 0 fully saturated rings. The van der Waals surface area contributed by atoms with Crippen LogP contribution in [0.5, 0.6) is 0 Å². The highest BCUT2D eigenvalue weighted by Crippen LogP contribution is 1.94. The molecule has 0 unspecified atom stereocenters. The standard InChI is InChI=1S/C10H17N3O7/c1-8(9(14)15)20-10(16)19-7-6-18-5-4-17-3-2-12-13-11/h8H,2-7H2,1H3,(H,14,15)/t8-/m0/s1. The predicted octanol–water partition coefficient (Wildman–Crippen LogP) is 0.956. The second-order valence-electron chi connectivity index (χ2n) is 3.38. The molecule has 10 nitrogen and oxygen atoms in total. The summed E-state index contributed by atoms with van der Waals surface area (Å²) >= 11 is 0. The van der Waals surface area contributed by atoms with Gasteiger partial charge in [-0.15, -0.1) is 0 Å². The van der Waals surface area contributed by atoms with E-state index in [0.717, 1.165) is 0 Å². The Morgan fingerprint density at radius 1 is 1.20 bits per heavy atom. The van der Waals surface area contributed by atoms with E-state index in [9.17, 15) is 9.59 Å². The second-order valence-corrected chi connectivity index (χ2v) is 3.38. The smallest absolute Gasteiger partial charge is 0.479 e. The molecule has 20 heavy (non-hydrogen) atoms. The molecule has 0 aliphatic rings. The maximum atomic E-state index is 11.0. The Morgan fingerprint density at radius 2 is 1.80 bits per heavy atom. The van der Waals surface area contributed by atoms with Crippen molar-refractivity contribution in [2.75, 3.05) is 39.6 Å². The van der Waals surface area contributed by atoms with Crippen molar-refractivity contribution in [1.29, 1.82) is 0 Å². The van der Waals surface area contributed by atoms with E-state index in [-0.39, 0.29) is 19.8 Å². The zero-order valence-corrected chi connectivity index (χ0v) is 11.1. The van der Waals surface area contributed by atoms with Gasteiger partial charge in [0, 0.05) is 11.5 Å². The first-order valence-corrected chi connectivity index (χ1v) is 5.80. The molecule has 0 aromatic carbocycles. The minimum atomic E-state index is -1.26. The average molecular weight is 291 g/mol. The molecule has 0 saturated heterocycles. The molecule has 0 aliphatic heterocycles. The van der Waals surface area contributed by atoms with Gasteiger partial charge < -0.3 is 24.1 Å². The third-order valence-electron chi connectivity index (χ3n) is 1.84. The lowest BCUT2D eigenvalue weighted by Gasteiger charge is -2.09. The van der Waals surface area contributed by atoms with Crippen molar-refractivity contribution in [3.63, 3.8) is 0 Å². The van der Waals surface area contributed by atoms with Crippen molar-refractivity contribution in [3.8, 4) is 0 Å². The number of hydrogen-bond donors (Lipinski definition) is 1. The lowest BCUT2D eigenvalue weighted by molar-refractivity contribution is -0.147. The summed E-state index contributed by atoms with van der Waals surface area (Å²) in [6.45, 7) is 2.48. The van der Waals surface area contributed by atoms with Crippen molar-refractivity contribution in [1.82, 2.24) is 0 Å². The summed E-state index contributed by atoms with van der Waals surface area (Å²) in [6, 6.07) is 0. The van der Waals surface area contributed by atoms with Crippen LogP contribution in [0.1, 0.15) is 6.92 Å². The number of carboxylic acid groups (broad SMARTS) is 1. The molecule has 1 atom stereocenters. The van der Waals surface area contributed by atoms with Crippen LogP contribution in [0, 0.1) is 0 Å². The predicted molar refractivity (Wildman–Crippen MR) is 65.2 cm³/mol. The molecule has 0 spiro atoms. The molecule has 10 heteroatoms. The van der Waals surface area contributed by atoms with Gasteiger partial charge in [0.2, 0.25) is 0 Å². The van der Waals surface area contributed by atoms with E-state index in [4.69, 9.17) is 20.1 Å².